The number of anilines is 1. The van der Waals surface area contributed by atoms with E-state index < -0.39 is 0 Å². The van der Waals surface area contributed by atoms with E-state index in [0.717, 1.165) is 5.69 Å². The van der Waals surface area contributed by atoms with Crippen LogP contribution in [-0.4, -0.2) is 34.2 Å². The average Bonchev–Trinajstić information content (AvgIpc) is 2.47. The first kappa shape index (κ1) is 15.4. The highest BCUT2D eigenvalue weighted by atomic mass is 15.2. The predicted molar refractivity (Wildman–Crippen MR) is 77.0 cm³/mol. The van der Waals surface area contributed by atoms with Gasteiger partial charge in [-0.05, 0) is 35.3 Å². The first-order valence-electron chi connectivity index (χ1n) is 5.79. The Hall–Kier alpha value is -2.70. The third kappa shape index (κ3) is 5.30. The van der Waals surface area contributed by atoms with Crippen molar-refractivity contribution in [3.05, 3.63) is 45.2 Å². The summed E-state index contributed by atoms with van der Waals surface area (Å²) >= 11 is 0. The van der Waals surface area contributed by atoms with Crippen LogP contribution in [0.2, 0.25) is 0 Å². The van der Waals surface area contributed by atoms with Crippen LogP contribution in [-0.2, 0) is 0 Å². The van der Waals surface area contributed by atoms with Gasteiger partial charge >= 0.3 is 0 Å². The summed E-state index contributed by atoms with van der Waals surface area (Å²) in [6, 6.07) is 7.21. The summed E-state index contributed by atoms with van der Waals surface area (Å²) in [7, 11) is 4.98. The van der Waals surface area contributed by atoms with E-state index in [0.29, 0.717) is 31.9 Å². The minimum Gasteiger partial charge on any atom is -0.371 e. The van der Waals surface area contributed by atoms with E-state index >= 15 is 0 Å². The molecule has 0 unspecified atom stereocenters. The van der Waals surface area contributed by atoms with E-state index in [9.17, 15) is 0 Å². The van der Waals surface area contributed by atoms with Crippen molar-refractivity contribution in [2.24, 2.45) is 20.4 Å². The van der Waals surface area contributed by atoms with Crippen LogP contribution in [0.25, 0.3) is 20.9 Å². The first-order valence-corrected chi connectivity index (χ1v) is 5.79. The zero-order valence-electron chi connectivity index (χ0n) is 10.7. The summed E-state index contributed by atoms with van der Waals surface area (Å²) in [6.07, 6.45) is 0. The van der Waals surface area contributed by atoms with E-state index in [2.05, 4.69) is 30.2 Å². The van der Waals surface area contributed by atoms with E-state index in [1.165, 1.54) is 0 Å². The van der Waals surface area contributed by atoms with Crippen LogP contribution in [0.4, 0.5) is 11.4 Å². The molecule has 9 nitrogen and oxygen atoms in total. The molecule has 20 heavy (non-hydrogen) atoms. The quantitative estimate of drug-likeness (QED) is 0.305. The van der Waals surface area contributed by atoms with Crippen LogP contribution < -0.4 is 4.90 Å². The van der Waals surface area contributed by atoms with E-state index in [4.69, 9.17) is 19.0 Å². The summed E-state index contributed by atoms with van der Waals surface area (Å²) < 4.78 is 0. The molecule has 0 atom stereocenters. The van der Waals surface area contributed by atoms with Crippen molar-refractivity contribution >= 4 is 19.4 Å². The number of azide groups is 2. The largest absolute Gasteiger partial charge is 0.371 e. The smallest absolute Gasteiger partial charge is 0.293 e. The molecule has 1 rings (SSSR count). The molecule has 1 aromatic carbocycles. The van der Waals surface area contributed by atoms with E-state index in [1.807, 2.05) is 17.0 Å². The number of nitrogens with zero attached hydrogens (tertiary/aromatic N) is 9. The molecule has 0 heterocycles. The van der Waals surface area contributed by atoms with Crippen molar-refractivity contribution in [2.45, 2.75) is 0 Å². The molecule has 0 saturated carbocycles. The fourth-order valence-corrected chi connectivity index (χ4v) is 1.59. The molecule has 1 aromatic rings. The Kier molecular flexibility index (Phi) is 7.12. The van der Waals surface area contributed by atoms with Gasteiger partial charge in [0.15, 0.2) is 0 Å². The standard InChI is InChI=1S/C10H12BN9/c11-17-16-9-1-3-10(4-2-9)20(7-5-14-18-12)8-6-15-19-13/h1-4H,5-8H2. The summed E-state index contributed by atoms with van der Waals surface area (Å²) in [5, 5.41) is 13.9. The van der Waals surface area contributed by atoms with E-state index in [-0.39, 0.29) is 0 Å². The Morgan fingerprint density at radius 3 is 2.00 bits per heavy atom. The number of hydrogen-bond acceptors (Lipinski definition) is 5. The Morgan fingerprint density at radius 2 is 1.55 bits per heavy atom. The van der Waals surface area contributed by atoms with Gasteiger partial charge in [-0.2, -0.15) is 5.11 Å². The van der Waals surface area contributed by atoms with Gasteiger partial charge in [-0.15, -0.1) is 0 Å². The Morgan fingerprint density at radius 1 is 1.00 bits per heavy atom. The van der Waals surface area contributed by atoms with Gasteiger partial charge in [0.2, 0.25) is 0 Å². The lowest BCUT2D eigenvalue weighted by Crippen LogP contribution is -2.28. The minimum atomic E-state index is 0.330. The van der Waals surface area contributed by atoms with Gasteiger partial charge < -0.3 is 4.90 Å². The maximum atomic E-state index is 8.30. The molecule has 0 aliphatic carbocycles. The maximum absolute atomic E-state index is 8.30. The molecule has 0 fully saturated rings. The molecule has 2 radical (unpaired) electrons. The van der Waals surface area contributed by atoms with Crippen LogP contribution >= 0.6 is 0 Å². The molecule has 0 aromatic heterocycles. The van der Waals surface area contributed by atoms with Crippen molar-refractivity contribution in [2.75, 3.05) is 31.1 Å². The summed E-state index contributed by atoms with van der Waals surface area (Å²) in [5.41, 5.74) is 18.1. The maximum Gasteiger partial charge on any atom is 0.293 e. The highest BCUT2D eigenvalue weighted by Gasteiger charge is 2.05. The lowest BCUT2D eigenvalue weighted by molar-refractivity contribution is 0.778. The molecular formula is C10H12BN9. The number of hydrogen-bond donors (Lipinski definition) is 0. The number of rotatable bonds is 8. The number of benzene rings is 1. The molecule has 0 amide bonds. The van der Waals surface area contributed by atoms with Crippen molar-refractivity contribution in [1.82, 2.24) is 0 Å². The molecule has 100 valence electrons. The minimum absolute atomic E-state index is 0.330. The van der Waals surface area contributed by atoms with Crippen LogP contribution in [0.15, 0.2) is 44.6 Å². The van der Waals surface area contributed by atoms with Crippen molar-refractivity contribution < 1.29 is 0 Å². The monoisotopic (exact) mass is 269 g/mol. The molecule has 0 aliphatic heterocycles. The van der Waals surface area contributed by atoms with Crippen LogP contribution in [0.1, 0.15) is 0 Å². The highest BCUT2D eigenvalue weighted by molar-refractivity contribution is 6.04. The molecule has 0 aliphatic rings. The predicted octanol–water partition coefficient (Wildman–Crippen LogP) is 3.28. The zero-order chi connectivity index (χ0) is 14.6. The van der Waals surface area contributed by atoms with Crippen LogP contribution in [0, 0.1) is 0 Å². The van der Waals surface area contributed by atoms with Gasteiger partial charge in [0.25, 0.3) is 7.98 Å². The summed E-state index contributed by atoms with van der Waals surface area (Å²) in [4.78, 5) is 7.37. The van der Waals surface area contributed by atoms with Crippen LogP contribution in [0.5, 0.6) is 0 Å². The van der Waals surface area contributed by atoms with Gasteiger partial charge in [0, 0.05) is 41.7 Å². The molecule has 0 saturated heterocycles. The third-order valence-corrected chi connectivity index (χ3v) is 2.45. The zero-order valence-corrected chi connectivity index (χ0v) is 10.7. The second kappa shape index (κ2) is 9.26. The SMILES string of the molecule is [B]N=Nc1ccc(N(CCN=[N+]=[N-])CCN=[N+]=[N-])cc1. The summed E-state index contributed by atoms with van der Waals surface area (Å²) in [6.45, 7) is 1.72. The Balaban J connectivity index is 2.78. The van der Waals surface area contributed by atoms with Crippen molar-refractivity contribution in [3.8, 4) is 0 Å². The molecule has 0 bridgehead atoms. The Bertz CT molecular complexity index is 506. The second-order valence-electron chi connectivity index (χ2n) is 3.63. The fourth-order valence-electron chi connectivity index (χ4n) is 1.59. The van der Waals surface area contributed by atoms with Crippen LogP contribution in [0.3, 0.4) is 0 Å². The molecule has 0 N–H and O–H groups in total. The van der Waals surface area contributed by atoms with Gasteiger partial charge in [-0.1, -0.05) is 10.2 Å². The topological polar surface area (TPSA) is 125 Å². The normalized spacial score (nSPS) is 9.80. The highest BCUT2D eigenvalue weighted by Crippen LogP contribution is 2.19. The van der Waals surface area contributed by atoms with Gasteiger partial charge in [0.1, 0.15) is 0 Å². The fraction of sp³-hybridized carbons (Fsp3) is 0.400. The van der Waals surface area contributed by atoms with Gasteiger partial charge in [-0.3, -0.25) is 5.03 Å². The molecular weight excluding hydrogens is 257 g/mol. The second-order valence-corrected chi connectivity index (χ2v) is 3.63. The third-order valence-electron chi connectivity index (χ3n) is 2.45. The summed E-state index contributed by atoms with van der Waals surface area (Å²) in [5.74, 6) is 0. The molecule has 0 spiro atoms. The lowest BCUT2D eigenvalue weighted by atomic mass is 10.2. The lowest BCUT2D eigenvalue weighted by Gasteiger charge is -2.23. The average molecular weight is 269 g/mol. The van der Waals surface area contributed by atoms with E-state index in [1.54, 1.807) is 12.1 Å². The van der Waals surface area contributed by atoms with Crippen molar-refractivity contribution in [3.63, 3.8) is 0 Å². The Labute approximate surface area is 117 Å². The van der Waals surface area contributed by atoms with Crippen molar-refractivity contribution in [1.29, 1.82) is 0 Å². The molecule has 10 heteroatoms. The first-order chi connectivity index (χ1) is 9.81. The van der Waals surface area contributed by atoms with Gasteiger partial charge in [0.05, 0.1) is 5.69 Å². The van der Waals surface area contributed by atoms with Gasteiger partial charge in [-0.25, -0.2) is 0 Å².